The second kappa shape index (κ2) is 15.4. The van der Waals surface area contributed by atoms with E-state index >= 15 is 0 Å². The lowest BCUT2D eigenvalue weighted by Gasteiger charge is -2.29. The molecule has 0 aromatic heterocycles. The van der Waals surface area contributed by atoms with Crippen LogP contribution in [-0.4, -0.2) is 59.6 Å². The fourth-order valence-corrected chi connectivity index (χ4v) is 5.73. The van der Waals surface area contributed by atoms with E-state index in [9.17, 15) is 19.5 Å². The number of carbonyl (C=O) groups is 3. The topological polar surface area (TPSA) is 95.9 Å². The number of ether oxygens (including phenoxy) is 1. The molecule has 1 fully saturated rings. The molecule has 40 heavy (non-hydrogen) atoms. The smallest absolute Gasteiger partial charge is 0.309 e. The average molecular weight is 547 g/mol. The van der Waals surface area contributed by atoms with E-state index in [0.29, 0.717) is 25.8 Å². The predicted molar refractivity (Wildman–Crippen MR) is 154 cm³/mol. The average Bonchev–Trinajstić information content (AvgIpc) is 3.45. The summed E-state index contributed by atoms with van der Waals surface area (Å²) in [5.74, 6) is -1.23. The molecule has 7 nitrogen and oxygen atoms in total. The largest absolute Gasteiger partial charge is 0.463 e. The van der Waals surface area contributed by atoms with Crippen molar-refractivity contribution in [2.24, 2.45) is 11.8 Å². The molecule has 0 bridgehead atoms. The molecular weight excluding hydrogens is 504 g/mol. The number of rotatable bonds is 8. The first-order valence-electron chi connectivity index (χ1n) is 14.6. The van der Waals surface area contributed by atoms with Crippen LogP contribution in [0.2, 0.25) is 0 Å². The minimum atomic E-state index is -0.502. The Morgan fingerprint density at radius 1 is 0.950 bits per heavy atom. The van der Waals surface area contributed by atoms with Gasteiger partial charge in [0.25, 0.3) is 0 Å². The van der Waals surface area contributed by atoms with Gasteiger partial charge in [0.05, 0.1) is 30.5 Å². The van der Waals surface area contributed by atoms with E-state index in [2.05, 4.69) is 11.4 Å². The maximum atomic E-state index is 13.7. The van der Waals surface area contributed by atoms with Crippen molar-refractivity contribution in [3.8, 4) is 0 Å². The molecule has 0 radical (unpaired) electrons. The zero-order chi connectivity index (χ0) is 28.2. The van der Waals surface area contributed by atoms with Crippen molar-refractivity contribution in [2.45, 2.75) is 69.9 Å². The number of cyclic esters (lactones) is 1. The van der Waals surface area contributed by atoms with Crippen molar-refractivity contribution in [1.82, 2.24) is 10.2 Å². The summed E-state index contributed by atoms with van der Waals surface area (Å²) in [4.78, 5) is 41.6. The Kier molecular flexibility index (Phi) is 11.3. The Labute approximate surface area is 237 Å². The van der Waals surface area contributed by atoms with Gasteiger partial charge in [-0.25, -0.2) is 0 Å². The molecule has 0 aliphatic carbocycles. The van der Waals surface area contributed by atoms with Crippen LogP contribution in [0.3, 0.4) is 0 Å². The van der Waals surface area contributed by atoms with E-state index in [0.717, 1.165) is 43.2 Å². The summed E-state index contributed by atoms with van der Waals surface area (Å²) in [6.45, 7) is 0.613. The maximum absolute atomic E-state index is 13.7. The van der Waals surface area contributed by atoms with Gasteiger partial charge in [-0.05, 0) is 62.5 Å². The van der Waals surface area contributed by atoms with Crippen molar-refractivity contribution in [3.05, 3.63) is 83.9 Å². The van der Waals surface area contributed by atoms with Crippen LogP contribution in [0, 0.1) is 11.8 Å². The molecule has 4 rings (SSSR count). The molecule has 0 saturated carbocycles. The van der Waals surface area contributed by atoms with Gasteiger partial charge in [0, 0.05) is 13.0 Å². The Morgan fingerprint density at radius 3 is 2.40 bits per heavy atom. The molecule has 0 spiro atoms. The number of hydrogen-bond acceptors (Lipinski definition) is 5. The van der Waals surface area contributed by atoms with Crippen LogP contribution in [-0.2, 0) is 32.0 Å². The molecule has 7 heteroatoms. The van der Waals surface area contributed by atoms with Gasteiger partial charge in [-0.2, -0.15) is 0 Å². The second-order valence-corrected chi connectivity index (χ2v) is 11.0. The summed E-state index contributed by atoms with van der Waals surface area (Å²) in [5, 5.41) is 12.8. The summed E-state index contributed by atoms with van der Waals surface area (Å²) < 4.78 is 5.82. The van der Waals surface area contributed by atoms with Crippen LogP contribution < -0.4 is 5.32 Å². The van der Waals surface area contributed by atoms with E-state index < -0.39 is 12.0 Å². The Balaban J connectivity index is 1.41. The lowest BCUT2D eigenvalue weighted by molar-refractivity contribution is -0.152. The summed E-state index contributed by atoms with van der Waals surface area (Å²) in [6.07, 6.45) is 9.76. The highest BCUT2D eigenvalue weighted by molar-refractivity contribution is 5.86. The Morgan fingerprint density at radius 2 is 1.68 bits per heavy atom. The minimum absolute atomic E-state index is 0.0522. The molecule has 2 N–H and O–H groups in total. The first-order valence-corrected chi connectivity index (χ1v) is 14.6. The van der Waals surface area contributed by atoms with Crippen LogP contribution in [0.4, 0.5) is 0 Å². The molecule has 2 aliphatic rings. The molecule has 1 saturated heterocycles. The third-order valence-corrected chi connectivity index (χ3v) is 7.94. The summed E-state index contributed by atoms with van der Waals surface area (Å²) >= 11 is 0. The number of aliphatic hydroxyl groups excluding tert-OH is 1. The molecule has 2 heterocycles. The lowest BCUT2D eigenvalue weighted by atomic mass is 9.93. The number of fused-ring (bicyclic) bond motifs is 1. The number of esters is 1. The molecule has 214 valence electrons. The Bertz CT molecular complexity index is 1120. The van der Waals surface area contributed by atoms with Crippen molar-refractivity contribution < 1.29 is 24.2 Å². The number of hydrogen-bond donors (Lipinski definition) is 2. The number of amides is 2. The molecule has 2 aliphatic heterocycles. The van der Waals surface area contributed by atoms with Crippen LogP contribution in [0.5, 0.6) is 0 Å². The highest BCUT2D eigenvalue weighted by Crippen LogP contribution is 2.25. The first-order chi connectivity index (χ1) is 19.5. The highest BCUT2D eigenvalue weighted by atomic mass is 16.5. The van der Waals surface area contributed by atoms with Gasteiger partial charge in [0.1, 0.15) is 6.61 Å². The van der Waals surface area contributed by atoms with Gasteiger partial charge >= 0.3 is 5.97 Å². The number of carbonyl (C=O) groups excluding carboxylic acids is 3. The van der Waals surface area contributed by atoms with Gasteiger partial charge in [0.2, 0.25) is 11.8 Å². The van der Waals surface area contributed by atoms with Gasteiger partial charge in [-0.3, -0.25) is 14.4 Å². The predicted octanol–water partition coefficient (Wildman–Crippen LogP) is 4.24. The van der Waals surface area contributed by atoms with Crippen molar-refractivity contribution >= 4 is 17.8 Å². The molecule has 4 atom stereocenters. The first kappa shape index (κ1) is 29.5. The summed E-state index contributed by atoms with van der Waals surface area (Å²) in [6, 6.07) is 19.1. The minimum Gasteiger partial charge on any atom is -0.463 e. The summed E-state index contributed by atoms with van der Waals surface area (Å²) in [7, 11) is 0. The SMILES string of the molecule is O=C(C[C@H]1CC=CCCC[C@H](Cc2ccccc2)C(=O)OC[C@@H]2CCCN2C1=O)N[C@@H](CO)Cc1ccccc1. The zero-order valence-electron chi connectivity index (χ0n) is 23.3. The number of benzene rings is 2. The quantitative estimate of drug-likeness (QED) is 0.382. The third-order valence-electron chi connectivity index (χ3n) is 7.94. The number of aliphatic hydroxyl groups is 1. The zero-order valence-corrected chi connectivity index (χ0v) is 23.3. The van der Waals surface area contributed by atoms with E-state index in [4.69, 9.17) is 4.74 Å². The van der Waals surface area contributed by atoms with Gasteiger partial charge in [-0.1, -0.05) is 72.8 Å². The van der Waals surface area contributed by atoms with E-state index in [-0.39, 0.29) is 49.4 Å². The number of nitrogens with one attached hydrogen (secondary N) is 1. The molecular formula is C33H42N2O5. The number of allylic oxidation sites excluding steroid dienone is 2. The van der Waals surface area contributed by atoms with Gasteiger partial charge in [0.15, 0.2) is 0 Å². The molecule has 2 aromatic rings. The lowest BCUT2D eigenvalue weighted by Crippen LogP contribution is -2.45. The molecule has 0 unspecified atom stereocenters. The monoisotopic (exact) mass is 546 g/mol. The number of nitrogens with zero attached hydrogens (tertiary/aromatic N) is 1. The fraction of sp³-hybridized carbons (Fsp3) is 0.485. The molecule has 2 amide bonds. The van der Waals surface area contributed by atoms with E-state index in [1.165, 1.54) is 0 Å². The van der Waals surface area contributed by atoms with Crippen LogP contribution in [0.25, 0.3) is 0 Å². The Hall–Kier alpha value is -3.45. The van der Waals surface area contributed by atoms with E-state index in [1.54, 1.807) is 0 Å². The maximum Gasteiger partial charge on any atom is 0.309 e. The highest BCUT2D eigenvalue weighted by Gasteiger charge is 2.35. The van der Waals surface area contributed by atoms with E-state index in [1.807, 2.05) is 71.6 Å². The van der Waals surface area contributed by atoms with Crippen molar-refractivity contribution in [2.75, 3.05) is 19.8 Å². The van der Waals surface area contributed by atoms with Crippen molar-refractivity contribution in [1.29, 1.82) is 0 Å². The van der Waals surface area contributed by atoms with Crippen LogP contribution >= 0.6 is 0 Å². The normalized spacial score (nSPS) is 23.1. The van der Waals surface area contributed by atoms with Gasteiger partial charge in [-0.15, -0.1) is 0 Å². The van der Waals surface area contributed by atoms with Gasteiger partial charge < -0.3 is 20.1 Å². The van der Waals surface area contributed by atoms with Crippen molar-refractivity contribution in [3.63, 3.8) is 0 Å². The molecule has 2 aromatic carbocycles. The second-order valence-electron chi connectivity index (χ2n) is 11.0. The van der Waals surface area contributed by atoms with Crippen LogP contribution in [0.15, 0.2) is 72.8 Å². The third kappa shape index (κ3) is 8.78. The standard InChI is InChI=1S/C33H42N2O5/c36-23-29(21-26-14-7-4-8-15-26)34-31(37)22-27-16-9-1-2-10-17-28(20-25-12-5-3-6-13-25)33(39)40-24-30-18-11-19-35(30)32(27)38/h1,3-9,12-15,27-30,36H,2,10-11,16-24H2,(H,34,37)/t27-,28-,29-,30+/m1/s1. The summed E-state index contributed by atoms with van der Waals surface area (Å²) in [5.41, 5.74) is 2.14. The fourth-order valence-electron chi connectivity index (χ4n) is 5.73. The van der Waals surface area contributed by atoms with Crippen LogP contribution in [0.1, 0.15) is 56.1 Å².